The maximum Gasteiger partial charge on any atom is 0.195 e. The van der Waals surface area contributed by atoms with Crippen molar-refractivity contribution in [1.29, 1.82) is 0 Å². The molecule has 2 rings (SSSR count). The molecule has 0 amide bonds. The molecule has 5 nitrogen and oxygen atoms in total. The number of ether oxygens (including phenoxy) is 1. The number of unbranched alkanes of at least 4 members (excludes halogenated alkanes) is 1. The summed E-state index contributed by atoms with van der Waals surface area (Å²) in [5, 5.41) is 3.05. The van der Waals surface area contributed by atoms with Crippen LogP contribution >= 0.6 is 0 Å². The number of aliphatic imine (C=N–C) groups is 1. The molecule has 0 spiro atoms. The van der Waals surface area contributed by atoms with Gasteiger partial charge in [0, 0.05) is 5.70 Å². The van der Waals surface area contributed by atoms with E-state index in [4.69, 9.17) is 16.2 Å². The molecule has 2 heterocycles. The molecule has 0 saturated carbocycles. The van der Waals surface area contributed by atoms with Gasteiger partial charge in [-0.2, -0.15) is 0 Å². The fourth-order valence-corrected chi connectivity index (χ4v) is 2.29. The third kappa shape index (κ3) is 2.05. The largest absolute Gasteiger partial charge is 0.375 e. The maximum atomic E-state index is 6.37. The van der Waals surface area contributed by atoms with Crippen molar-refractivity contribution < 1.29 is 4.74 Å². The van der Waals surface area contributed by atoms with Crippen LogP contribution in [0.25, 0.3) is 0 Å². The van der Waals surface area contributed by atoms with Gasteiger partial charge in [0.15, 0.2) is 5.96 Å². The van der Waals surface area contributed by atoms with E-state index in [9.17, 15) is 0 Å². The van der Waals surface area contributed by atoms with Crippen LogP contribution in [0.4, 0.5) is 0 Å². The molecule has 0 bridgehead atoms. The highest BCUT2D eigenvalue weighted by atomic mass is 16.5. The second kappa shape index (κ2) is 4.43. The van der Waals surface area contributed by atoms with Crippen molar-refractivity contribution >= 4 is 5.96 Å². The van der Waals surface area contributed by atoms with Gasteiger partial charge in [0.25, 0.3) is 0 Å². The molecule has 0 fully saturated rings. The lowest BCUT2D eigenvalue weighted by atomic mass is 9.89. The van der Waals surface area contributed by atoms with Crippen molar-refractivity contribution in [3.8, 4) is 0 Å². The fourth-order valence-electron chi connectivity index (χ4n) is 2.29. The lowest BCUT2D eigenvalue weighted by Crippen LogP contribution is -2.52. The Hall–Kier alpha value is -1.07. The zero-order chi connectivity index (χ0) is 11.6. The summed E-state index contributed by atoms with van der Waals surface area (Å²) >= 11 is 0. The van der Waals surface area contributed by atoms with Crippen LogP contribution in [-0.4, -0.2) is 24.8 Å². The Kier molecular flexibility index (Phi) is 3.16. The molecule has 0 saturated heterocycles. The lowest BCUT2D eigenvalue weighted by molar-refractivity contribution is 0.135. The summed E-state index contributed by atoms with van der Waals surface area (Å²) in [6.45, 7) is 3.44. The summed E-state index contributed by atoms with van der Waals surface area (Å²) < 4.78 is 5.40. The van der Waals surface area contributed by atoms with Crippen molar-refractivity contribution in [2.24, 2.45) is 16.5 Å². The normalized spacial score (nSPS) is 29.5. The van der Waals surface area contributed by atoms with Gasteiger partial charge in [-0.1, -0.05) is 13.3 Å². The van der Waals surface area contributed by atoms with E-state index in [2.05, 4.69) is 17.2 Å². The summed E-state index contributed by atoms with van der Waals surface area (Å²) in [5.41, 5.74) is 13.7. The topological polar surface area (TPSA) is 85.7 Å². The molecular weight excluding hydrogens is 204 g/mol. The van der Waals surface area contributed by atoms with Crippen LogP contribution in [0, 0.1) is 0 Å². The maximum absolute atomic E-state index is 6.37. The molecule has 2 aliphatic rings. The van der Waals surface area contributed by atoms with Crippen molar-refractivity contribution in [2.75, 3.05) is 13.2 Å². The van der Waals surface area contributed by atoms with Gasteiger partial charge in [-0.15, -0.1) is 0 Å². The highest BCUT2D eigenvalue weighted by molar-refractivity contribution is 5.82. The Bertz CT molecular complexity index is 337. The standard InChI is InChI=1S/C11H20N4O/c1-2-3-5-11(13)8-4-6-16-7-9(8)14-10(12)15-11/h2-7,13H2,1H3,(H3,12,14,15). The zero-order valence-electron chi connectivity index (χ0n) is 9.75. The minimum absolute atomic E-state index is 0.405. The Morgan fingerprint density at radius 3 is 3.12 bits per heavy atom. The molecule has 2 aliphatic heterocycles. The SMILES string of the molecule is CCCCC1(N)N=C(N)NC2=C1CCOC2. The minimum atomic E-state index is -0.607. The van der Waals surface area contributed by atoms with Gasteiger partial charge in [-0.25, -0.2) is 4.99 Å². The van der Waals surface area contributed by atoms with Crippen LogP contribution in [-0.2, 0) is 4.74 Å². The quantitative estimate of drug-likeness (QED) is 0.648. The monoisotopic (exact) mass is 224 g/mol. The summed E-state index contributed by atoms with van der Waals surface area (Å²) in [5.74, 6) is 0.405. The predicted molar refractivity (Wildman–Crippen MR) is 63.7 cm³/mol. The van der Waals surface area contributed by atoms with Gasteiger partial charge in [0.1, 0.15) is 5.66 Å². The van der Waals surface area contributed by atoms with Crippen LogP contribution in [0.3, 0.4) is 0 Å². The molecule has 1 unspecified atom stereocenters. The Morgan fingerprint density at radius 2 is 2.38 bits per heavy atom. The third-order valence-corrected chi connectivity index (χ3v) is 3.14. The van der Waals surface area contributed by atoms with Crippen LogP contribution in [0.2, 0.25) is 0 Å². The Balaban J connectivity index is 2.25. The smallest absolute Gasteiger partial charge is 0.195 e. The lowest BCUT2D eigenvalue weighted by Gasteiger charge is -2.37. The van der Waals surface area contributed by atoms with Crippen molar-refractivity contribution in [3.05, 3.63) is 11.3 Å². The van der Waals surface area contributed by atoms with Crippen LogP contribution in [0.5, 0.6) is 0 Å². The highest BCUT2D eigenvalue weighted by Crippen LogP contribution is 2.31. The molecule has 5 N–H and O–H groups in total. The first-order chi connectivity index (χ1) is 7.65. The van der Waals surface area contributed by atoms with Gasteiger partial charge in [-0.05, 0) is 24.8 Å². The number of nitrogens with one attached hydrogen (secondary N) is 1. The predicted octanol–water partition coefficient (Wildman–Crippen LogP) is 0.424. The summed E-state index contributed by atoms with van der Waals surface area (Å²) in [6, 6.07) is 0. The third-order valence-electron chi connectivity index (χ3n) is 3.14. The van der Waals surface area contributed by atoms with E-state index in [0.717, 1.165) is 38.0 Å². The average molecular weight is 224 g/mol. The van der Waals surface area contributed by atoms with Gasteiger partial charge < -0.3 is 21.5 Å². The molecular formula is C11H20N4O. The van der Waals surface area contributed by atoms with E-state index in [-0.39, 0.29) is 0 Å². The number of hydrogen-bond acceptors (Lipinski definition) is 5. The van der Waals surface area contributed by atoms with E-state index >= 15 is 0 Å². The van der Waals surface area contributed by atoms with E-state index < -0.39 is 5.66 Å². The molecule has 0 aromatic rings. The van der Waals surface area contributed by atoms with E-state index in [1.165, 1.54) is 5.57 Å². The first kappa shape index (κ1) is 11.4. The molecule has 5 heteroatoms. The van der Waals surface area contributed by atoms with Crippen LogP contribution in [0.1, 0.15) is 32.6 Å². The van der Waals surface area contributed by atoms with Crippen molar-refractivity contribution in [1.82, 2.24) is 5.32 Å². The molecule has 0 aromatic heterocycles. The van der Waals surface area contributed by atoms with Crippen molar-refractivity contribution in [2.45, 2.75) is 38.3 Å². The minimum Gasteiger partial charge on any atom is -0.375 e. The number of nitrogens with two attached hydrogens (primary N) is 2. The Labute approximate surface area is 95.9 Å². The second-order valence-corrected chi connectivity index (χ2v) is 4.41. The zero-order valence-corrected chi connectivity index (χ0v) is 9.75. The molecule has 16 heavy (non-hydrogen) atoms. The highest BCUT2D eigenvalue weighted by Gasteiger charge is 2.35. The van der Waals surface area contributed by atoms with Gasteiger partial charge in [0.2, 0.25) is 0 Å². The number of hydrogen-bond donors (Lipinski definition) is 3. The summed E-state index contributed by atoms with van der Waals surface area (Å²) in [4.78, 5) is 4.38. The molecule has 0 aromatic carbocycles. The molecule has 1 atom stereocenters. The average Bonchev–Trinajstić information content (AvgIpc) is 2.26. The molecule has 0 radical (unpaired) electrons. The Morgan fingerprint density at radius 1 is 1.56 bits per heavy atom. The van der Waals surface area contributed by atoms with Gasteiger partial charge in [0.05, 0.1) is 13.2 Å². The first-order valence-electron chi connectivity index (χ1n) is 5.87. The summed E-state index contributed by atoms with van der Waals surface area (Å²) in [7, 11) is 0. The number of rotatable bonds is 3. The van der Waals surface area contributed by atoms with E-state index in [1.807, 2.05) is 0 Å². The summed E-state index contributed by atoms with van der Waals surface area (Å²) in [6.07, 6.45) is 3.87. The van der Waals surface area contributed by atoms with Crippen molar-refractivity contribution in [3.63, 3.8) is 0 Å². The van der Waals surface area contributed by atoms with Crippen LogP contribution < -0.4 is 16.8 Å². The number of guanidine groups is 1. The van der Waals surface area contributed by atoms with E-state index in [1.54, 1.807) is 0 Å². The second-order valence-electron chi connectivity index (χ2n) is 4.41. The van der Waals surface area contributed by atoms with Crippen LogP contribution in [0.15, 0.2) is 16.3 Å². The van der Waals surface area contributed by atoms with Gasteiger partial charge >= 0.3 is 0 Å². The fraction of sp³-hybridized carbons (Fsp3) is 0.727. The first-order valence-corrected chi connectivity index (χ1v) is 5.87. The molecule has 90 valence electrons. The molecule has 0 aliphatic carbocycles. The van der Waals surface area contributed by atoms with Gasteiger partial charge in [-0.3, -0.25) is 0 Å². The van der Waals surface area contributed by atoms with E-state index in [0.29, 0.717) is 12.6 Å². The number of nitrogens with zero attached hydrogens (tertiary/aromatic N) is 1.